The Morgan fingerprint density at radius 3 is 2.53 bits per heavy atom. The van der Waals surface area contributed by atoms with Gasteiger partial charge in [-0.3, -0.25) is 4.79 Å². The summed E-state index contributed by atoms with van der Waals surface area (Å²) in [6.45, 7) is 10.2. The van der Waals surface area contributed by atoms with Crippen molar-refractivity contribution in [3.63, 3.8) is 0 Å². The molecule has 1 N–H and O–H groups in total. The number of carbonyl (C=O) groups is 1. The highest BCUT2D eigenvalue weighted by molar-refractivity contribution is 5.78. The van der Waals surface area contributed by atoms with Crippen molar-refractivity contribution in [2.24, 2.45) is 11.3 Å². The fourth-order valence-electron chi connectivity index (χ4n) is 2.31. The van der Waals surface area contributed by atoms with Crippen LogP contribution in [0.3, 0.4) is 0 Å². The second kappa shape index (κ2) is 5.85. The second-order valence-corrected chi connectivity index (χ2v) is 6.45. The summed E-state index contributed by atoms with van der Waals surface area (Å²) in [5.41, 5.74) is 0.226. The molecule has 0 aliphatic carbocycles. The standard InChI is InChI=1S/C14H27NO2/c1-11(16)7-5-6-8-15-10-12(9-13(15)17)14(2,3)4/h11-12,16H,5-10H2,1-4H3. The van der Waals surface area contributed by atoms with Gasteiger partial charge in [0.2, 0.25) is 5.91 Å². The maximum atomic E-state index is 11.8. The number of nitrogens with zero attached hydrogens (tertiary/aromatic N) is 1. The van der Waals surface area contributed by atoms with Gasteiger partial charge in [0, 0.05) is 19.5 Å². The Labute approximate surface area is 105 Å². The van der Waals surface area contributed by atoms with Gasteiger partial charge >= 0.3 is 0 Å². The van der Waals surface area contributed by atoms with Crippen molar-refractivity contribution in [1.29, 1.82) is 0 Å². The third-order valence-electron chi connectivity index (χ3n) is 3.74. The highest BCUT2D eigenvalue weighted by Gasteiger charge is 2.36. The fourth-order valence-corrected chi connectivity index (χ4v) is 2.31. The van der Waals surface area contributed by atoms with Crippen LogP contribution in [0.2, 0.25) is 0 Å². The summed E-state index contributed by atoms with van der Waals surface area (Å²) in [6, 6.07) is 0. The lowest BCUT2D eigenvalue weighted by Crippen LogP contribution is -2.28. The average Bonchev–Trinajstić information content (AvgIpc) is 2.54. The third kappa shape index (κ3) is 4.66. The number of hydrogen-bond acceptors (Lipinski definition) is 2. The SMILES string of the molecule is CC(O)CCCCN1CC(C(C)(C)C)CC1=O. The van der Waals surface area contributed by atoms with Gasteiger partial charge in [0.15, 0.2) is 0 Å². The van der Waals surface area contributed by atoms with Gasteiger partial charge in [0.1, 0.15) is 0 Å². The minimum absolute atomic E-state index is 0.216. The fraction of sp³-hybridized carbons (Fsp3) is 0.929. The van der Waals surface area contributed by atoms with Crippen molar-refractivity contribution in [3.05, 3.63) is 0 Å². The molecule has 0 bridgehead atoms. The summed E-state index contributed by atoms with van der Waals surface area (Å²) in [5.74, 6) is 0.800. The predicted octanol–water partition coefficient (Wildman–Crippen LogP) is 2.43. The molecule has 100 valence electrons. The van der Waals surface area contributed by atoms with Crippen LogP contribution in [-0.4, -0.2) is 35.1 Å². The normalized spacial score (nSPS) is 23.2. The van der Waals surface area contributed by atoms with Gasteiger partial charge < -0.3 is 10.0 Å². The zero-order chi connectivity index (χ0) is 13.1. The lowest BCUT2D eigenvalue weighted by atomic mass is 9.80. The molecule has 0 aromatic rings. The van der Waals surface area contributed by atoms with E-state index in [1.165, 1.54) is 0 Å². The molecule has 0 radical (unpaired) electrons. The molecule has 1 rings (SSSR count). The van der Waals surface area contributed by atoms with Gasteiger partial charge in [-0.05, 0) is 37.5 Å². The van der Waals surface area contributed by atoms with E-state index in [0.29, 0.717) is 18.2 Å². The molecule has 0 spiro atoms. The van der Waals surface area contributed by atoms with Crippen LogP contribution >= 0.6 is 0 Å². The molecule has 1 aliphatic rings. The summed E-state index contributed by atoms with van der Waals surface area (Å²) < 4.78 is 0. The molecular weight excluding hydrogens is 214 g/mol. The van der Waals surface area contributed by atoms with Gasteiger partial charge in [0.05, 0.1) is 6.10 Å². The van der Waals surface area contributed by atoms with E-state index in [1.807, 2.05) is 11.8 Å². The zero-order valence-corrected chi connectivity index (χ0v) is 11.7. The minimum Gasteiger partial charge on any atom is -0.393 e. The number of hydrogen-bond donors (Lipinski definition) is 1. The average molecular weight is 241 g/mol. The molecule has 1 aliphatic heterocycles. The van der Waals surface area contributed by atoms with Gasteiger partial charge in [-0.25, -0.2) is 0 Å². The van der Waals surface area contributed by atoms with Crippen LogP contribution in [0.1, 0.15) is 53.4 Å². The molecule has 3 heteroatoms. The second-order valence-electron chi connectivity index (χ2n) is 6.45. The van der Waals surface area contributed by atoms with E-state index < -0.39 is 0 Å². The Kier molecular flexibility index (Phi) is 4.99. The van der Waals surface area contributed by atoms with E-state index in [0.717, 1.165) is 32.4 Å². The van der Waals surface area contributed by atoms with E-state index >= 15 is 0 Å². The minimum atomic E-state index is -0.216. The van der Waals surface area contributed by atoms with Crippen molar-refractivity contribution < 1.29 is 9.90 Å². The number of aliphatic hydroxyl groups excluding tert-OH is 1. The number of carbonyl (C=O) groups excluding carboxylic acids is 1. The molecule has 0 aromatic carbocycles. The summed E-state index contributed by atoms with van der Waals surface area (Å²) in [6.07, 6.45) is 3.34. The Morgan fingerprint density at radius 2 is 2.06 bits per heavy atom. The van der Waals surface area contributed by atoms with Crippen LogP contribution < -0.4 is 0 Å². The first-order valence-electron chi connectivity index (χ1n) is 6.76. The first-order chi connectivity index (χ1) is 7.80. The van der Waals surface area contributed by atoms with Crippen LogP contribution in [0.15, 0.2) is 0 Å². The summed E-state index contributed by atoms with van der Waals surface area (Å²) in [5, 5.41) is 9.16. The van der Waals surface area contributed by atoms with Crippen molar-refractivity contribution in [1.82, 2.24) is 4.90 Å². The molecule has 1 heterocycles. The Hall–Kier alpha value is -0.570. The number of aliphatic hydroxyl groups is 1. The van der Waals surface area contributed by atoms with Crippen LogP contribution in [0, 0.1) is 11.3 Å². The Morgan fingerprint density at radius 1 is 1.41 bits per heavy atom. The highest BCUT2D eigenvalue weighted by Crippen LogP contribution is 2.34. The molecule has 3 nitrogen and oxygen atoms in total. The molecule has 1 saturated heterocycles. The monoisotopic (exact) mass is 241 g/mol. The number of rotatable bonds is 5. The Balaban J connectivity index is 2.29. The summed E-state index contributed by atoms with van der Waals surface area (Å²) in [4.78, 5) is 13.8. The molecular formula is C14H27NO2. The van der Waals surface area contributed by atoms with E-state index in [9.17, 15) is 4.79 Å². The van der Waals surface area contributed by atoms with Crippen LogP contribution in [0.4, 0.5) is 0 Å². The maximum Gasteiger partial charge on any atom is 0.222 e. The van der Waals surface area contributed by atoms with Crippen molar-refractivity contribution in [2.45, 2.75) is 59.5 Å². The van der Waals surface area contributed by atoms with Gasteiger partial charge in [-0.15, -0.1) is 0 Å². The van der Waals surface area contributed by atoms with E-state index in [1.54, 1.807) is 0 Å². The van der Waals surface area contributed by atoms with Gasteiger partial charge in [-0.2, -0.15) is 0 Å². The van der Waals surface area contributed by atoms with Crippen molar-refractivity contribution >= 4 is 5.91 Å². The van der Waals surface area contributed by atoms with Crippen LogP contribution in [-0.2, 0) is 4.79 Å². The van der Waals surface area contributed by atoms with Gasteiger partial charge in [0.25, 0.3) is 0 Å². The first kappa shape index (κ1) is 14.5. The van der Waals surface area contributed by atoms with E-state index in [-0.39, 0.29) is 11.5 Å². The number of unbranched alkanes of at least 4 members (excludes halogenated alkanes) is 1. The van der Waals surface area contributed by atoms with Crippen LogP contribution in [0.5, 0.6) is 0 Å². The summed E-state index contributed by atoms with van der Waals surface area (Å²) >= 11 is 0. The van der Waals surface area contributed by atoms with Crippen molar-refractivity contribution in [2.75, 3.05) is 13.1 Å². The lowest BCUT2D eigenvalue weighted by Gasteiger charge is -2.26. The quantitative estimate of drug-likeness (QED) is 0.751. The summed E-state index contributed by atoms with van der Waals surface area (Å²) in [7, 11) is 0. The molecule has 1 fully saturated rings. The predicted molar refractivity (Wildman–Crippen MR) is 69.7 cm³/mol. The third-order valence-corrected chi connectivity index (χ3v) is 3.74. The van der Waals surface area contributed by atoms with Crippen LogP contribution in [0.25, 0.3) is 0 Å². The van der Waals surface area contributed by atoms with Crippen molar-refractivity contribution in [3.8, 4) is 0 Å². The molecule has 2 unspecified atom stereocenters. The highest BCUT2D eigenvalue weighted by atomic mass is 16.3. The number of amides is 1. The molecule has 0 aromatic heterocycles. The molecule has 0 saturated carbocycles. The maximum absolute atomic E-state index is 11.8. The Bertz CT molecular complexity index is 255. The molecule has 1 amide bonds. The smallest absolute Gasteiger partial charge is 0.222 e. The molecule has 2 atom stereocenters. The number of likely N-dealkylation sites (tertiary alicyclic amines) is 1. The largest absolute Gasteiger partial charge is 0.393 e. The lowest BCUT2D eigenvalue weighted by molar-refractivity contribution is -0.127. The first-order valence-corrected chi connectivity index (χ1v) is 6.76. The van der Waals surface area contributed by atoms with E-state index in [2.05, 4.69) is 20.8 Å². The van der Waals surface area contributed by atoms with E-state index in [4.69, 9.17) is 5.11 Å². The molecule has 17 heavy (non-hydrogen) atoms. The topological polar surface area (TPSA) is 40.5 Å². The zero-order valence-electron chi connectivity index (χ0n) is 11.7. The van der Waals surface area contributed by atoms with Gasteiger partial charge in [-0.1, -0.05) is 20.8 Å².